The number of hydrogen-bond donors (Lipinski definition) is 2. The lowest BCUT2D eigenvalue weighted by Crippen LogP contribution is -2.45. The zero-order valence-corrected chi connectivity index (χ0v) is 13.9. The van der Waals surface area contributed by atoms with Gasteiger partial charge in [0.2, 0.25) is 0 Å². The van der Waals surface area contributed by atoms with Crippen molar-refractivity contribution in [2.24, 2.45) is 5.92 Å². The van der Waals surface area contributed by atoms with Crippen molar-refractivity contribution in [1.82, 2.24) is 15.1 Å². The van der Waals surface area contributed by atoms with E-state index in [1.807, 2.05) is 19.1 Å². The molecule has 7 nitrogen and oxygen atoms in total. The van der Waals surface area contributed by atoms with Gasteiger partial charge in [-0.3, -0.25) is 4.79 Å². The van der Waals surface area contributed by atoms with Crippen molar-refractivity contribution in [3.8, 4) is 11.4 Å². The van der Waals surface area contributed by atoms with E-state index < -0.39 is 17.9 Å². The van der Waals surface area contributed by atoms with Crippen molar-refractivity contribution in [3.05, 3.63) is 42.2 Å². The lowest BCUT2D eigenvalue weighted by Gasteiger charge is -2.19. The summed E-state index contributed by atoms with van der Waals surface area (Å²) in [6.07, 6.45) is 2.30. The van der Waals surface area contributed by atoms with Crippen LogP contribution in [0.2, 0.25) is 0 Å². The molecule has 0 aliphatic carbocycles. The Kier molecular flexibility index (Phi) is 5.57. The Balaban J connectivity index is 2.13. The second-order valence-electron chi connectivity index (χ2n) is 5.52. The molecular formula is C17H21N3O4. The predicted molar refractivity (Wildman–Crippen MR) is 88.5 cm³/mol. The maximum atomic E-state index is 12.3. The molecule has 0 saturated carbocycles. The first-order valence-electron chi connectivity index (χ1n) is 7.70. The molecule has 0 radical (unpaired) electrons. The number of carboxylic acids is 1. The molecule has 128 valence electrons. The van der Waals surface area contributed by atoms with Crippen LogP contribution in [0.25, 0.3) is 5.69 Å². The van der Waals surface area contributed by atoms with Crippen molar-refractivity contribution >= 4 is 11.9 Å². The van der Waals surface area contributed by atoms with E-state index in [0.717, 1.165) is 11.4 Å². The molecule has 1 aromatic carbocycles. The SMILES string of the molecule is CCC(C)C(NC(=O)c1ccn(-c2ccc(OC)cc2)n1)C(=O)O. The summed E-state index contributed by atoms with van der Waals surface area (Å²) in [7, 11) is 1.58. The molecule has 1 amide bonds. The van der Waals surface area contributed by atoms with Gasteiger partial charge in [-0.1, -0.05) is 20.3 Å². The number of methoxy groups -OCH3 is 1. The Labute approximate surface area is 140 Å². The van der Waals surface area contributed by atoms with Gasteiger partial charge in [0, 0.05) is 6.20 Å². The van der Waals surface area contributed by atoms with Crippen LogP contribution in [0.5, 0.6) is 5.75 Å². The Morgan fingerprint density at radius 3 is 2.50 bits per heavy atom. The van der Waals surface area contributed by atoms with E-state index in [4.69, 9.17) is 4.74 Å². The van der Waals surface area contributed by atoms with Crippen LogP contribution in [0.3, 0.4) is 0 Å². The molecule has 0 aliphatic heterocycles. The minimum absolute atomic E-state index is 0.167. The number of aromatic nitrogens is 2. The summed E-state index contributed by atoms with van der Waals surface area (Å²) in [5.74, 6) is -1.00. The van der Waals surface area contributed by atoms with Crippen molar-refractivity contribution in [3.63, 3.8) is 0 Å². The standard InChI is InChI=1S/C17H21N3O4/c1-4-11(2)15(17(22)23)18-16(21)14-9-10-20(19-14)12-5-7-13(24-3)8-6-12/h5-11,15H,4H2,1-3H3,(H,18,21)(H,22,23). The summed E-state index contributed by atoms with van der Waals surface area (Å²) in [6.45, 7) is 3.67. The van der Waals surface area contributed by atoms with Gasteiger partial charge in [-0.15, -0.1) is 0 Å². The predicted octanol–water partition coefficient (Wildman–Crippen LogP) is 2.11. The molecule has 0 spiro atoms. The number of carbonyl (C=O) groups is 2. The zero-order chi connectivity index (χ0) is 17.7. The molecule has 1 aromatic heterocycles. The quantitative estimate of drug-likeness (QED) is 0.810. The number of carboxylic acid groups (broad SMARTS) is 1. The van der Waals surface area contributed by atoms with Gasteiger partial charge in [-0.25, -0.2) is 9.48 Å². The van der Waals surface area contributed by atoms with Gasteiger partial charge in [-0.2, -0.15) is 5.10 Å². The number of ether oxygens (including phenoxy) is 1. The van der Waals surface area contributed by atoms with Crippen LogP contribution in [0.4, 0.5) is 0 Å². The first kappa shape index (κ1) is 17.5. The van der Waals surface area contributed by atoms with E-state index >= 15 is 0 Å². The van der Waals surface area contributed by atoms with Crippen LogP contribution < -0.4 is 10.1 Å². The molecule has 1 heterocycles. The van der Waals surface area contributed by atoms with E-state index in [1.165, 1.54) is 0 Å². The highest BCUT2D eigenvalue weighted by Crippen LogP contribution is 2.15. The molecule has 0 fully saturated rings. The van der Waals surface area contributed by atoms with E-state index in [1.54, 1.807) is 43.1 Å². The maximum Gasteiger partial charge on any atom is 0.326 e. The molecule has 2 atom stereocenters. The van der Waals surface area contributed by atoms with Crippen molar-refractivity contribution in [2.45, 2.75) is 26.3 Å². The Bertz CT molecular complexity index is 709. The summed E-state index contributed by atoms with van der Waals surface area (Å²) in [5, 5.41) is 16.0. The van der Waals surface area contributed by atoms with E-state index in [2.05, 4.69) is 10.4 Å². The van der Waals surface area contributed by atoms with E-state index in [-0.39, 0.29) is 11.6 Å². The minimum atomic E-state index is -1.05. The third kappa shape index (κ3) is 3.92. The van der Waals surface area contributed by atoms with Gasteiger partial charge in [0.1, 0.15) is 11.8 Å². The number of benzene rings is 1. The van der Waals surface area contributed by atoms with Gasteiger partial charge < -0.3 is 15.2 Å². The lowest BCUT2D eigenvalue weighted by molar-refractivity contribution is -0.140. The van der Waals surface area contributed by atoms with E-state index in [0.29, 0.717) is 6.42 Å². The normalized spacial score (nSPS) is 13.1. The Morgan fingerprint density at radius 1 is 1.29 bits per heavy atom. The van der Waals surface area contributed by atoms with Gasteiger partial charge in [0.15, 0.2) is 5.69 Å². The summed E-state index contributed by atoms with van der Waals surface area (Å²) in [5.41, 5.74) is 0.937. The minimum Gasteiger partial charge on any atom is -0.497 e. The van der Waals surface area contributed by atoms with Gasteiger partial charge in [-0.05, 0) is 36.2 Å². The largest absolute Gasteiger partial charge is 0.497 e. The fourth-order valence-corrected chi connectivity index (χ4v) is 2.22. The Hall–Kier alpha value is -2.83. The molecular weight excluding hydrogens is 310 g/mol. The molecule has 2 rings (SSSR count). The monoisotopic (exact) mass is 331 g/mol. The second-order valence-corrected chi connectivity index (χ2v) is 5.52. The molecule has 24 heavy (non-hydrogen) atoms. The average Bonchev–Trinajstić information content (AvgIpc) is 3.08. The van der Waals surface area contributed by atoms with Crippen LogP contribution in [0, 0.1) is 5.92 Å². The lowest BCUT2D eigenvalue weighted by atomic mass is 9.99. The van der Waals surface area contributed by atoms with E-state index in [9.17, 15) is 14.7 Å². The maximum absolute atomic E-state index is 12.3. The highest BCUT2D eigenvalue weighted by atomic mass is 16.5. The molecule has 0 bridgehead atoms. The molecule has 7 heteroatoms. The van der Waals surface area contributed by atoms with Crippen LogP contribution in [0.15, 0.2) is 36.5 Å². The highest BCUT2D eigenvalue weighted by Gasteiger charge is 2.26. The summed E-state index contributed by atoms with van der Waals surface area (Å²) in [4.78, 5) is 23.6. The van der Waals surface area contributed by atoms with Gasteiger partial charge in [0.25, 0.3) is 5.91 Å². The second kappa shape index (κ2) is 7.63. The van der Waals surface area contributed by atoms with Crippen LogP contribution in [-0.2, 0) is 4.79 Å². The fourth-order valence-electron chi connectivity index (χ4n) is 2.22. The van der Waals surface area contributed by atoms with Gasteiger partial charge in [0.05, 0.1) is 12.8 Å². The number of rotatable bonds is 7. The van der Waals surface area contributed by atoms with Crippen LogP contribution in [0.1, 0.15) is 30.8 Å². The van der Waals surface area contributed by atoms with Crippen molar-refractivity contribution in [2.75, 3.05) is 7.11 Å². The first-order valence-corrected chi connectivity index (χ1v) is 7.70. The number of nitrogens with one attached hydrogen (secondary N) is 1. The third-order valence-corrected chi connectivity index (χ3v) is 3.92. The average molecular weight is 331 g/mol. The van der Waals surface area contributed by atoms with Crippen LogP contribution >= 0.6 is 0 Å². The number of hydrogen-bond acceptors (Lipinski definition) is 4. The third-order valence-electron chi connectivity index (χ3n) is 3.92. The molecule has 0 saturated heterocycles. The van der Waals surface area contributed by atoms with Crippen LogP contribution in [-0.4, -0.2) is 39.9 Å². The smallest absolute Gasteiger partial charge is 0.326 e. The number of amides is 1. The van der Waals surface area contributed by atoms with Gasteiger partial charge >= 0.3 is 5.97 Å². The molecule has 2 N–H and O–H groups in total. The number of aliphatic carboxylic acids is 1. The number of nitrogens with zero attached hydrogens (tertiary/aromatic N) is 2. The molecule has 2 unspecified atom stereocenters. The summed E-state index contributed by atoms with van der Waals surface area (Å²) in [6, 6.07) is 7.82. The zero-order valence-electron chi connectivity index (χ0n) is 13.9. The Morgan fingerprint density at radius 2 is 1.96 bits per heavy atom. The molecule has 0 aliphatic rings. The summed E-state index contributed by atoms with van der Waals surface area (Å²) < 4.78 is 6.65. The molecule has 2 aromatic rings. The fraction of sp³-hybridized carbons (Fsp3) is 0.353. The van der Waals surface area contributed by atoms with Crippen molar-refractivity contribution < 1.29 is 19.4 Å². The first-order chi connectivity index (χ1) is 11.5. The topological polar surface area (TPSA) is 93.5 Å². The number of carbonyl (C=O) groups excluding carboxylic acids is 1. The highest BCUT2D eigenvalue weighted by molar-refractivity contribution is 5.95. The summed E-state index contributed by atoms with van der Waals surface area (Å²) >= 11 is 0. The van der Waals surface area contributed by atoms with Crippen molar-refractivity contribution in [1.29, 1.82) is 0 Å².